The van der Waals surface area contributed by atoms with Gasteiger partial charge in [-0.05, 0) is 19.9 Å². The Morgan fingerprint density at radius 3 is 2.50 bits per heavy atom. The fourth-order valence-electron chi connectivity index (χ4n) is 1.20. The van der Waals surface area contributed by atoms with Gasteiger partial charge in [0.1, 0.15) is 9.23 Å². The molecule has 0 spiro atoms. The maximum atomic E-state index is 12.1. The molecule has 0 bridgehead atoms. The van der Waals surface area contributed by atoms with Crippen molar-refractivity contribution in [2.75, 3.05) is 4.72 Å². The van der Waals surface area contributed by atoms with Crippen LogP contribution in [0.3, 0.4) is 0 Å². The highest BCUT2D eigenvalue weighted by atomic mass is 35.5. The number of halogens is 2. The van der Waals surface area contributed by atoms with Crippen molar-refractivity contribution in [2.24, 2.45) is 0 Å². The molecule has 1 N–H and O–H groups in total. The highest BCUT2D eigenvalue weighted by Gasteiger charge is 2.23. The molecule has 9 heteroatoms. The number of aromatic nitrogens is 1. The van der Waals surface area contributed by atoms with Gasteiger partial charge in [0.15, 0.2) is 0 Å². The first-order valence-electron chi connectivity index (χ1n) is 4.72. The minimum absolute atomic E-state index is 0.0749. The van der Waals surface area contributed by atoms with E-state index in [4.69, 9.17) is 27.7 Å². The van der Waals surface area contributed by atoms with Crippen molar-refractivity contribution < 1.29 is 12.9 Å². The van der Waals surface area contributed by atoms with Crippen LogP contribution in [0.5, 0.6) is 0 Å². The normalized spacial score (nSPS) is 11.8. The predicted molar refractivity (Wildman–Crippen MR) is 71.1 cm³/mol. The Morgan fingerprint density at radius 2 is 2.06 bits per heavy atom. The molecule has 0 saturated heterocycles. The molecule has 0 fully saturated rings. The number of hydrogen-bond acceptors (Lipinski definition) is 5. The van der Waals surface area contributed by atoms with Crippen molar-refractivity contribution in [3.63, 3.8) is 0 Å². The zero-order chi connectivity index (χ0) is 13.5. The molecule has 0 radical (unpaired) electrons. The van der Waals surface area contributed by atoms with Gasteiger partial charge in [-0.3, -0.25) is 0 Å². The van der Waals surface area contributed by atoms with Crippen LogP contribution in [0.2, 0.25) is 8.67 Å². The third kappa shape index (κ3) is 2.49. The summed E-state index contributed by atoms with van der Waals surface area (Å²) in [5, 5.41) is 3.66. The van der Waals surface area contributed by atoms with Gasteiger partial charge in [-0.2, -0.15) is 0 Å². The van der Waals surface area contributed by atoms with Gasteiger partial charge in [0.05, 0.1) is 10.0 Å². The number of anilines is 1. The minimum Gasteiger partial charge on any atom is -0.337 e. The first-order valence-corrected chi connectivity index (χ1v) is 7.77. The Bertz CT molecular complexity index is 691. The number of nitrogens with zero attached hydrogens (tertiary/aromatic N) is 1. The topological polar surface area (TPSA) is 72.2 Å². The molecule has 0 amide bonds. The van der Waals surface area contributed by atoms with Crippen molar-refractivity contribution in [3.05, 3.63) is 26.0 Å². The lowest BCUT2D eigenvalue weighted by Gasteiger charge is -2.03. The second-order valence-corrected chi connectivity index (χ2v) is 7.45. The average Bonchev–Trinajstić information content (AvgIpc) is 2.75. The molecule has 0 saturated carbocycles. The lowest BCUT2D eigenvalue weighted by Crippen LogP contribution is -2.12. The van der Waals surface area contributed by atoms with Crippen LogP contribution >= 0.6 is 34.5 Å². The average molecular weight is 327 g/mol. The molecule has 0 aliphatic heterocycles. The summed E-state index contributed by atoms with van der Waals surface area (Å²) < 4.78 is 31.7. The number of sulfonamides is 1. The molecule has 2 aromatic rings. The van der Waals surface area contributed by atoms with Crippen molar-refractivity contribution in [1.29, 1.82) is 0 Å². The molecule has 0 unspecified atom stereocenters. The van der Waals surface area contributed by atoms with E-state index < -0.39 is 10.0 Å². The highest BCUT2D eigenvalue weighted by Crippen LogP contribution is 2.35. The van der Waals surface area contributed by atoms with Gasteiger partial charge >= 0.3 is 0 Å². The zero-order valence-corrected chi connectivity index (χ0v) is 12.5. The minimum atomic E-state index is -3.82. The SMILES string of the molecule is Cc1noc(NS(=O)(=O)c2cc(Cl)sc2Cl)c1C. The fourth-order valence-corrected chi connectivity index (χ4v) is 4.39. The summed E-state index contributed by atoms with van der Waals surface area (Å²) in [4.78, 5) is -0.0763. The molecule has 0 aromatic carbocycles. The fraction of sp³-hybridized carbons (Fsp3) is 0.222. The third-order valence-electron chi connectivity index (χ3n) is 2.30. The molecule has 0 aliphatic rings. The molecule has 0 atom stereocenters. The van der Waals surface area contributed by atoms with Gasteiger partial charge < -0.3 is 4.52 Å². The van der Waals surface area contributed by atoms with Gasteiger partial charge in [-0.25, -0.2) is 13.1 Å². The maximum Gasteiger partial charge on any atom is 0.266 e. The standard InChI is InChI=1S/C9H8Cl2N2O3S2/c1-4-5(2)12-16-9(4)13-18(14,15)6-3-7(10)17-8(6)11/h3,13H,1-2H3. The van der Waals surface area contributed by atoms with Crippen molar-refractivity contribution in [3.8, 4) is 0 Å². The van der Waals surface area contributed by atoms with E-state index in [9.17, 15) is 8.42 Å². The van der Waals surface area contributed by atoms with E-state index in [-0.39, 0.29) is 15.1 Å². The molecule has 0 aliphatic carbocycles. The van der Waals surface area contributed by atoms with E-state index in [0.29, 0.717) is 15.6 Å². The number of thiophene rings is 1. The quantitative estimate of drug-likeness (QED) is 0.937. The Morgan fingerprint density at radius 1 is 1.39 bits per heavy atom. The van der Waals surface area contributed by atoms with Crippen LogP contribution in [-0.4, -0.2) is 13.6 Å². The Balaban J connectivity index is 2.39. The summed E-state index contributed by atoms with van der Waals surface area (Å²) in [6.07, 6.45) is 0. The monoisotopic (exact) mass is 326 g/mol. The van der Waals surface area contributed by atoms with Crippen LogP contribution < -0.4 is 4.72 Å². The zero-order valence-electron chi connectivity index (χ0n) is 9.32. The summed E-state index contributed by atoms with van der Waals surface area (Å²) in [7, 11) is -3.82. The van der Waals surface area contributed by atoms with Crippen LogP contribution in [0.4, 0.5) is 5.88 Å². The first-order chi connectivity index (χ1) is 8.31. The highest BCUT2D eigenvalue weighted by molar-refractivity contribution is 7.93. The Hall–Kier alpha value is -0.760. The molecular weight excluding hydrogens is 319 g/mol. The third-order valence-corrected chi connectivity index (χ3v) is 5.38. The molecule has 2 aromatic heterocycles. The second kappa shape index (κ2) is 4.73. The summed E-state index contributed by atoms with van der Waals surface area (Å²) in [6.45, 7) is 3.41. The van der Waals surface area contributed by atoms with Gasteiger partial charge in [-0.1, -0.05) is 28.4 Å². The van der Waals surface area contributed by atoms with Crippen molar-refractivity contribution >= 4 is 50.4 Å². The lowest BCUT2D eigenvalue weighted by molar-refractivity contribution is 0.430. The lowest BCUT2D eigenvalue weighted by atomic mass is 10.3. The number of nitrogens with one attached hydrogen (secondary N) is 1. The maximum absolute atomic E-state index is 12.1. The van der Waals surface area contributed by atoms with E-state index in [1.165, 1.54) is 6.07 Å². The van der Waals surface area contributed by atoms with Crippen LogP contribution in [-0.2, 0) is 10.0 Å². The number of aryl methyl sites for hydroxylation is 1. The van der Waals surface area contributed by atoms with E-state index in [0.717, 1.165) is 11.3 Å². The summed E-state index contributed by atoms with van der Waals surface area (Å²) in [5.74, 6) is 0.0749. The van der Waals surface area contributed by atoms with Crippen LogP contribution in [0, 0.1) is 13.8 Å². The number of rotatable bonds is 3. The largest absolute Gasteiger partial charge is 0.337 e. The first kappa shape index (κ1) is 13.7. The molecule has 2 heterocycles. The van der Waals surface area contributed by atoms with Gasteiger partial charge in [0.25, 0.3) is 10.0 Å². The molecule has 18 heavy (non-hydrogen) atoms. The summed E-state index contributed by atoms with van der Waals surface area (Å²) in [5.41, 5.74) is 1.23. The van der Waals surface area contributed by atoms with Gasteiger partial charge in [-0.15, -0.1) is 11.3 Å². The Labute approximate surface area is 118 Å². The molecule has 2 rings (SSSR count). The van der Waals surface area contributed by atoms with Gasteiger partial charge in [0, 0.05) is 5.56 Å². The Kier molecular flexibility index (Phi) is 3.59. The molecule has 5 nitrogen and oxygen atoms in total. The van der Waals surface area contributed by atoms with E-state index >= 15 is 0 Å². The van der Waals surface area contributed by atoms with Crippen molar-refractivity contribution in [2.45, 2.75) is 18.7 Å². The van der Waals surface area contributed by atoms with E-state index in [1.54, 1.807) is 13.8 Å². The molecular formula is C9H8Cl2N2O3S2. The summed E-state index contributed by atoms with van der Waals surface area (Å²) >= 11 is 12.5. The summed E-state index contributed by atoms with van der Waals surface area (Å²) in [6, 6.07) is 1.29. The van der Waals surface area contributed by atoms with Crippen LogP contribution in [0.1, 0.15) is 11.3 Å². The number of hydrogen-bond donors (Lipinski definition) is 1. The van der Waals surface area contributed by atoms with E-state index in [1.807, 2.05) is 0 Å². The molecule has 98 valence electrons. The van der Waals surface area contributed by atoms with Crippen LogP contribution in [0.15, 0.2) is 15.5 Å². The van der Waals surface area contributed by atoms with E-state index in [2.05, 4.69) is 9.88 Å². The second-order valence-electron chi connectivity index (χ2n) is 3.52. The predicted octanol–water partition coefficient (Wildman–Crippen LogP) is 3.46. The smallest absolute Gasteiger partial charge is 0.266 e. The van der Waals surface area contributed by atoms with Crippen LogP contribution in [0.25, 0.3) is 0 Å². The van der Waals surface area contributed by atoms with Gasteiger partial charge in [0.2, 0.25) is 5.88 Å². The van der Waals surface area contributed by atoms with Crippen molar-refractivity contribution in [1.82, 2.24) is 5.16 Å².